The van der Waals surface area contributed by atoms with Crippen molar-refractivity contribution in [3.63, 3.8) is 0 Å². The second-order valence-corrected chi connectivity index (χ2v) is 25.3. The standard InChI is InChI=1S/C53H62N7O16P3S/c1-6-58(7-2)38-22-25-42-41(35(3)50(74-45(42)30-38)36-16-10-8-11-17-36)19-14-20-46-53(4,5)43-31-40(80(69,70)71)24-26-44(43)59(46)29-13-9-12-21-47(61)55-28-15-18-37-32-60(52-49(37)51(54)56-34-57-52)48-27-23-39(73-48)33-72-78(65,66)76-79(67,68)75-77(62,63)64/h8,10-11,14,16-17,19-20,22,24-26,30-32,34,39,48H,6-7,9,12-13,21,23,27-29,33H2,1-5H3,(H7-,54,55,56,57,61,62,63,64,65,66,67,68,69,70,71)/p+1/t39-,48+/m0/s1. The van der Waals surface area contributed by atoms with Gasteiger partial charge in [-0.1, -0.05) is 74.6 Å². The molecule has 23 nitrogen and oxygen atoms in total. The van der Waals surface area contributed by atoms with Crippen LogP contribution in [0.1, 0.15) is 94.7 Å². The molecule has 4 aromatic rings. The van der Waals surface area contributed by atoms with Crippen molar-refractivity contribution < 1.29 is 73.3 Å². The minimum Gasteiger partial charge on any atom is -0.456 e. The summed E-state index contributed by atoms with van der Waals surface area (Å²) >= 11 is 0. The predicted molar refractivity (Wildman–Crippen MR) is 299 cm³/mol. The monoisotopic (exact) mass is 1180 g/mol. The van der Waals surface area contributed by atoms with Gasteiger partial charge in [-0.05, 0) is 87.9 Å². The molecule has 27 heteroatoms. The quantitative estimate of drug-likeness (QED) is 0.0117. The van der Waals surface area contributed by atoms with Crippen LogP contribution in [0.4, 0.5) is 11.5 Å². The number of ether oxygens (including phenoxy) is 1. The highest BCUT2D eigenvalue weighted by Gasteiger charge is 2.43. The Morgan fingerprint density at radius 2 is 1.73 bits per heavy atom. The van der Waals surface area contributed by atoms with E-state index >= 15 is 0 Å². The molecule has 426 valence electrons. The van der Waals surface area contributed by atoms with E-state index in [9.17, 15) is 41.2 Å². The van der Waals surface area contributed by atoms with Crippen LogP contribution in [0.2, 0.25) is 0 Å². The topological polar surface area (TPSA) is 329 Å². The normalized spacial score (nSPS) is 18.3. The van der Waals surface area contributed by atoms with Crippen LogP contribution in [0, 0.1) is 18.8 Å². The van der Waals surface area contributed by atoms with Crippen LogP contribution in [-0.4, -0.2) is 91.9 Å². The number of hydrogen-bond acceptors (Lipinski definition) is 15. The van der Waals surface area contributed by atoms with Crippen LogP contribution >= 0.6 is 23.5 Å². The Balaban J connectivity index is 0.915. The molecule has 2 aromatic heterocycles. The van der Waals surface area contributed by atoms with Gasteiger partial charge in [0.1, 0.15) is 48.6 Å². The summed E-state index contributed by atoms with van der Waals surface area (Å²) in [6.45, 7) is 12.0. The SMILES string of the molecule is CC[N+](CC)=c1ccc2c(/C=C/C=C3/N(CCCCCC(=O)NCC#Cc4cn([C@H]5CC[C@@H](COP(=O)(O)OP(=O)(O)OP(=O)(O)O)O5)c5ncnc(N)c45)c4ccc(S(=O)(=O)O)cc4C3(C)C)c(C)c(-c3ccccc3)oc-2c1. The van der Waals surface area contributed by atoms with E-state index in [2.05, 4.69) is 96.3 Å². The van der Waals surface area contributed by atoms with Crippen LogP contribution in [0.15, 0.2) is 106 Å². The predicted octanol–water partition coefficient (Wildman–Crippen LogP) is 8.19. The van der Waals surface area contributed by atoms with Gasteiger partial charge in [-0.25, -0.2) is 28.2 Å². The highest BCUT2D eigenvalue weighted by atomic mass is 32.2. The van der Waals surface area contributed by atoms with Crippen molar-refractivity contribution in [2.24, 2.45) is 0 Å². The van der Waals surface area contributed by atoms with Crippen molar-refractivity contribution in [1.29, 1.82) is 0 Å². The zero-order chi connectivity index (χ0) is 57.8. The number of unbranched alkanes of at least 4 members (excludes halogenated alkanes) is 2. The van der Waals surface area contributed by atoms with Crippen molar-refractivity contribution in [3.8, 4) is 34.5 Å². The Morgan fingerprint density at radius 3 is 2.44 bits per heavy atom. The van der Waals surface area contributed by atoms with Crippen molar-refractivity contribution in [2.45, 2.75) is 95.8 Å². The maximum atomic E-state index is 13.1. The number of nitrogen functional groups attached to an aromatic ring is 1. The number of benzene rings is 3. The molecule has 0 bridgehead atoms. The highest BCUT2D eigenvalue weighted by molar-refractivity contribution is 7.85. The smallest absolute Gasteiger partial charge is 0.456 e. The van der Waals surface area contributed by atoms with E-state index in [-0.39, 0.29) is 36.0 Å². The molecule has 0 radical (unpaired) electrons. The van der Waals surface area contributed by atoms with Gasteiger partial charge in [0.2, 0.25) is 11.3 Å². The number of carbonyl (C=O) groups is 1. The number of phosphoric ester groups is 1. The first-order chi connectivity index (χ1) is 37.8. The lowest BCUT2D eigenvalue weighted by molar-refractivity contribution is -0.120. The summed E-state index contributed by atoms with van der Waals surface area (Å²) in [5.41, 5.74) is 12.7. The number of nitrogens with zero attached hydrogens (tertiary/aromatic N) is 5. The van der Waals surface area contributed by atoms with Crippen molar-refractivity contribution >= 4 is 68.1 Å². The van der Waals surface area contributed by atoms with Crippen molar-refractivity contribution in [3.05, 3.63) is 125 Å². The summed E-state index contributed by atoms with van der Waals surface area (Å²) in [6.07, 6.45) is 10.3. The Morgan fingerprint density at radius 1 is 0.975 bits per heavy atom. The van der Waals surface area contributed by atoms with Crippen LogP contribution < -0.4 is 25.9 Å². The van der Waals surface area contributed by atoms with Gasteiger partial charge in [0.15, 0.2) is 0 Å². The van der Waals surface area contributed by atoms with E-state index in [1.165, 1.54) is 18.5 Å². The van der Waals surface area contributed by atoms with Crippen LogP contribution in [0.3, 0.4) is 0 Å². The zero-order valence-corrected chi connectivity index (χ0v) is 48.0. The Labute approximate surface area is 462 Å². The van der Waals surface area contributed by atoms with Crippen LogP contribution in [0.5, 0.6) is 0 Å². The van der Waals surface area contributed by atoms with E-state index in [4.69, 9.17) is 29.2 Å². The van der Waals surface area contributed by atoms with E-state index in [0.717, 1.165) is 69.2 Å². The average Bonchev–Trinajstić information content (AvgIpc) is 4.16. The summed E-state index contributed by atoms with van der Waals surface area (Å²) in [5, 5.41) is 4.31. The first kappa shape index (κ1) is 60.0. The maximum absolute atomic E-state index is 13.1. The molecule has 0 spiro atoms. The minimum atomic E-state index is -5.69. The van der Waals surface area contributed by atoms with Crippen LogP contribution in [-0.2, 0) is 51.9 Å². The number of allylic oxidation sites excluding steroid dienone is 3. The molecule has 1 aliphatic carbocycles. The first-order valence-electron chi connectivity index (χ1n) is 25.6. The summed E-state index contributed by atoms with van der Waals surface area (Å²) in [4.78, 5) is 60.3. The zero-order valence-electron chi connectivity index (χ0n) is 44.5. The number of nitrogens with two attached hydrogens (primary N) is 1. The molecular formula is C53H63N7O16P3S+. The van der Waals surface area contributed by atoms with Gasteiger partial charge in [0.05, 0.1) is 41.2 Å². The van der Waals surface area contributed by atoms with Gasteiger partial charge in [0.25, 0.3) is 10.1 Å². The third-order valence-corrected chi connectivity index (χ3v) is 18.5. The highest BCUT2D eigenvalue weighted by Crippen LogP contribution is 2.66. The average molecular weight is 1180 g/mol. The van der Waals surface area contributed by atoms with Gasteiger partial charge >= 0.3 is 23.5 Å². The molecule has 4 atom stereocenters. The molecule has 3 aliphatic heterocycles. The molecule has 4 aliphatic rings. The lowest BCUT2D eigenvalue weighted by Crippen LogP contribution is -2.29. The maximum Gasteiger partial charge on any atom is 0.490 e. The van der Waals surface area contributed by atoms with Crippen molar-refractivity contribution in [2.75, 3.05) is 43.4 Å². The number of rotatable bonds is 21. The third kappa shape index (κ3) is 14.1. The molecule has 1 amide bonds. The molecule has 0 saturated carbocycles. The Hall–Kier alpha value is -6.12. The molecule has 8 N–H and O–H groups in total. The molecule has 2 aromatic carbocycles. The largest absolute Gasteiger partial charge is 0.490 e. The Kier molecular flexibility index (Phi) is 18.4. The first-order valence-corrected chi connectivity index (χ1v) is 31.5. The second-order valence-electron chi connectivity index (χ2n) is 19.5. The van der Waals surface area contributed by atoms with Crippen molar-refractivity contribution in [1.82, 2.24) is 24.4 Å². The number of phosphoric acid groups is 3. The molecule has 8 rings (SSSR count). The molecule has 80 heavy (non-hydrogen) atoms. The molecule has 2 unspecified atom stereocenters. The van der Waals surface area contributed by atoms with E-state index < -0.39 is 57.9 Å². The van der Waals surface area contributed by atoms with E-state index in [0.29, 0.717) is 48.8 Å². The lowest BCUT2D eigenvalue weighted by Gasteiger charge is -2.27. The number of amides is 1. The molecular weight excluding hydrogens is 1120 g/mol. The summed E-state index contributed by atoms with van der Waals surface area (Å²) in [5.74, 6) is 7.39. The summed E-state index contributed by atoms with van der Waals surface area (Å²) < 4.78 is 98.5. The number of anilines is 2. The van der Waals surface area contributed by atoms with Gasteiger partial charge in [-0.15, -0.1) is 0 Å². The van der Waals surface area contributed by atoms with Gasteiger partial charge in [-0.2, -0.15) is 17.0 Å². The van der Waals surface area contributed by atoms with Gasteiger partial charge < -0.3 is 49.2 Å². The van der Waals surface area contributed by atoms with Gasteiger partial charge in [-0.3, -0.25) is 13.9 Å². The fourth-order valence-corrected chi connectivity index (χ4v) is 13.6. The third-order valence-electron chi connectivity index (χ3n) is 13.8. The Bertz CT molecular complexity index is 3750. The van der Waals surface area contributed by atoms with E-state index in [1.807, 2.05) is 50.3 Å². The minimum absolute atomic E-state index is 0.00651. The number of carbonyl (C=O) groups excluding carboxylic acids is 1. The fourth-order valence-electron chi connectivity index (χ4n) is 10.0. The summed E-state index contributed by atoms with van der Waals surface area (Å²) in [7, 11) is -21.1. The lowest BCUT2D eigenvalue weighted by atomic mass is 9.83. The van der Waals surface area contributed by atoms with Crippen LogP contribution in [0.25, 0.3) is 39.8 Å². The summed E-state index contributed by atoms with van der Waals surface area (Å²) in [6, 6.07) is 21.0. The molecule has 5 heterocycles. The number of fused-ring (bicyclic) bond motifs is 3. The number of hydrogen-bond donors (Lipinski definition) is 7. The van der Waals surface area contributed by atoms with Gasteiger partial charge in [0, 0.05) is 58.7 Å². The molecule has 1 fully saturated rings. The number of nitrogens with one attached hydrogen (secondary N) is 1. The molecule has 1 saturated heterocycles. The van der Waals surface area contributed by atoms with E-state index in [1.54, 1.807) is 16.8 Å². The second kappa shape index (κ2) is 24.5. The number of aromatic nitrogens is 3. The fraction of sp³-hybridized carbons (Fsp3) is 0.358.